The molecule has 3 heterocycles. The number of aryl methyl sites for hydroxylation is 1. The summed E-state index contributed by atoms with van der Waals surface area (Å²) in [7, 11) is 0. The second-order valence-corrected chi connectivity index (χ2v) is 9.22. The Morgan fingerprint density at radius 1 is 1.13 bits per heavy atom. The van der Waals surface area contributed by atoms with Crippen LogP contribution in [-0.2, 0) is 0 Å². The Balaban J connectivity index is 1.31. The molecule has 30 heavy (non-hydrogen) atoms. The molecule has 2 aliphatic rings. The molecule has 1 atom stereocenters. The summed E-state index contributed by atoms with van der Waals surface area (Å²) >= 11 is 1.28. The van der Waals surface area contributed by atoms with E-state index in [2.05, 4.69) is 30.6 Å². The van der Waals surface area contributed by atoms with E-state index in [1.165, 1.54) is 36.3 Å². The fourth-order valence-electron chi connectivity index (χ4n) is 3.76. The molecule has 1 saturated carbocycles. The second kappa shape index (κ2) is 7.88. The number of rotatable bonds is 6. The van der Waals surface area contributed by atoms with Crippen molar-refractivity contribution in [2.75, 3.05) is 24.5 Å². The van der Waals surface area contributed by atoms with Gasteiger partial charge in [0.1, 0.15) is 16.6 Å². The number of benzene rings is 1. The van der Waals surface area contributed by atoms with Crippen LogP contribution in [0, 0.1) is 18.7 Å². The number of aromatic nitrogens is 4. The molecule has 0 spiro atoms. The van der Waals surface area contributed by atoms with Crippen molar-refractivity contribution in [2.45, 2.75) is 32.2 Å². The van der Waals surface area contributed by atoms with Gasteiger partial charge in [-0.1, -0.05) is 11.3 Å². The topological polar surface area (TPSA) is 87.1 Å². The van der Waals surface area contributed by atoms with Crippen molar-refractivity contribution < 1.29 is 9.50 Å². The molecular formula is C21H23FN6OS. The van der Waals surface area contributed by atoms with Crippen molar-refractivity contribution in [3.63, 3.8) is 0 Å². The first-order chi connectivity index (χ1) is 14.6. The molecule has 0 bridgehead atoms. The van der Waals surface area contributed by atoms with Gasteiger partial charge in [0.2, 0.25) is 0 Å². The number of aromatic hydroxyl groups is 1. The molecule has 2 aromatic heterocycles. The largest absolute Gasteiger partial charge is 0.507 e. The maximum absolute atomic E-state index is 14.7. The van der Waals surface area contributed by atoms with E-state index in [-0.39, 0.29) is 11.3 Å². The molecule has 1 aliphatic heterocycles. The van der Waals surface area contributed by atoms with Gasteiger partial charge in [-0.3, -0.25) is 0 Å². The molecule has 2 fully saturated rings. The molecule has 7 nitrogen and oxygen atoms in total. The fourth-order valence-corrected chi connectivity index (χ4v) is 4.47. The van der Waals surface area contributed by atoms with Gasteiger partial charge in [0.15, 0.2) is 10.8 Å². The number of hydrogen-bond donors (Lipinski definition) is 2. The van der Waals surface area contributed by atoms with Crippen LogP contribution in [0.15, 0.2) is 24.3 Å². The van der Waals surface area contributed by atoms with Crippen molar-refractivity contribution in [2.24, 2.45) is 5.92 Å². The van der Waals surface area contributed by atoms with Gasteiger partial charge in [-0.25, -0.2) is 4.39 Å². The lowest BCUT2D eigenvalue weighted by Crippen LogP contribution is -2.34. The molecule has 9 heteroatoms. The monoisotopic (exact) mass is 426 g/mol. The van der Waals surface area contributed by atoms with Crippen LogP contribution in [0.3, 0.4) is 0 Å². The third-order valence-corrected chi connectivity index (χ3v) is 6.54. The highest BCUT2D eigenvalue weighted by Crippen LogP contribution is 2.36. The van der Waals surface area contributed by atoms with Gasteiger partial charge in [-0.2, -0.15) is 0 Å². The van der Waals surface area contributed by atoms with Gasteiger partial charge in [0.05, 0.1) is 11.3 Å². The first-order valence-electron chi connectivity index (χ1n) is 10.2. The van der Waals surface area contributed by atoms with Crippen LogP contribution in [0.2, 0.25) is 0 Å². The fraction of sp³-hybridized carbons (Fsp3) is 0.429. The molecular weight excluding hydrogens is 403 g/mol. The van der Waals surface area contributed by atoms with E-state index in [9.17, 15) is 9.50 Å². The maximum atomic E-state index is 14.7. The van der Waals surface area contributed by atoms with E-state index in [0.29, 0.717) is 22.3 Å². The third-order valence-electron chi connectivity index (χ3n) is 5.67. The maximum Gasteiger partial charge on any atom is 0.151 e. The number of hydrogen-bond acceptors (Lipinski definition) is 8. The Hall–Kier alpha value is -2.65. The third kappa shape index (κ3) is 3.99. The molecule has 1 aromatic carbocycles. The average molecular weight is 427 g/mol. The second-order valence-electron chi connectivity index (χ2n) is 8.04. The summed E-state index contributed by atoms with van der Waals surface area (Å²) in [6.45, 7) is 4.76. The van der Waals surface area contributed by atoms with E-state index >= 15 is 0 Å². The van der Waals surface area contributed by atoms with E-state index in [4.69, 9.17) is 0 Å². The van der Waals surface area contributed by atoms with Gasteiger partial charge in [0.25, 0.3) is 0 Å². The number of nitrogens with one attached hydrogen (secondary N) is 1. The number of phenols is 1. The molecule has 0 amide bonds. The zero-order valence-electron chi connectivity index (χ0n) is 16.7. The van der Waals surface area contributed by atoms with Crippen LogP contribution >= 0.6 is 11.3 Å². The summed E-state index contributed by atoms with van der Waals surface area (Å²) in [5.41, 5.74) is 0.966. The molecule has 5 rings (SSSR count). The highest BCUT2D eigenvalue weighted by atomic mass is 32.1. The van der Waals surface area contributed by atoms with E-state index in [1.54, 1.807) is 13.0 Å². The molecule has 3 aromatic rings. The minimum absolute atomic E-state index is 0.0631. The predicted molar refractivity (Wildman–Crippen MR) is 114 cm³/mol. The van der Waals surface area contributed by atoms with Crippen molar-refractivity contribution >= 4 is 17.2 Å². The van der Waals surface area contributed by atoms with E-state index < -0.39 is 5.82 Å². The lowest BCUT2D eigenvalue weighted by atomic mass is 10.1. The number of nitrogens with zero attached hydrogens (tertiary/aromatic N) is 5. The Kier molecular flexibility index (Phi) is 5.08. The first kappa shape index (κ1) is 19.3. The first-order valence-corrected chi connectivity index (χ1v) is 11.0. The Morgan fingerprint density at radius 3 is 2.70 bits per heavy atom. The highest BCUT2D eigenvalue weighted by molar-refractivity contribution is 7.14. The lowest BCUT2D eigenvalue weighted by molar-refractivity contribution is 0.475. The lowest BCUT2D eigenvalue weighted by Gasteiger charge is -2.17. The predicted octanol–water partition coefficient (Wildman–Crippen LogP) is 3.39. The highest BCUT2D eigenvalue weighted by Gasteiger charge is 2.27. The summed E-state index contributed by atoms with van der Waals surface area (Å²) in [6, 6.07) is 6.79. The minimum atomic E-state index is -0.478. The van der Waals surface area contributed by atoms with Crippen molar-refractivity contribution in [3.05, 3.63) is 35.1 Å². The van der Waals surface area contributed by atoms with Crippen LogP contribution in [0.25, 0.3) is 21.8 Å². The van der Waals surface area contributed by atoms with Gasteiger partial charge in [-0.15, -0.1) is 20.4 Å². The zero-order chi connectivity index (χ0) is 20.7. The SMILES string of the molecule is Cc1nnc(-c2cc(O)c(-c3ccc(N4CC[C@H](NCC5CC5)C4)nn3)cc2F)s1. The van der Waals surface area contributed by atoms with Gasteiger partial charge in [-0.05, 0) is 62.9 Å². The summed E-state index contributed by atoms with van der Waals surface area (Å²) in [5.74, 6) is 1.13. The molecule has 2 N–H and O–H groups in total. The number of phenolic OH excluding ortho intramolecular Hbond substituents is 1. The smallest absolute Gasteiger partial charge is 0.151 e. The number of halogens is 1. The number of anilines is 1. The summed E-state index contributed by atoms with van der Waals surface area (Å²) in [4.78, 5) is 2.21. The van der Waals surface area contributed by atoms with E-state index in [1.807, 2.05) is 6.07 Å². The Bertz CT molecular complexity index is 1050. The normalized spacial score (nSPS) is 18.9. The van der Waals surface area contributed by atoms with Crippen LogP contribution < -0.4 is 10.2 Å². The minimum Gasteiger partial charge on any atom is -0.507 e. The van der Waals surface area contributed by atoms with Gasteiger partial charge in [0, 0.05) is 24.7 Å². The zero-order valence-corrected chi connectivity index (χ0v) is 17.5. The van der Waals surface area contributed by atoms with Crippen molar-refractivity contribution in [1.82, 2.24) is 25.7 Å². The Morgan fingerprint density at radius 2 is 2.00 bits per heavy atom. The quantitative estimate of drug-likeness (QED) is 0.625. The van der Waals surface area contributed by atoms with Crippen LogP contribution in [0.1, 0.15) is 24.3 Å². The van der Waals surface area contributed by atoms with Crippen LogP contribution in [-0.4, -0.2) is 51.2 Å². The summed E-state index contributed by atoms with van der Waals surface area (Å²) in [6.07, 6.45) is 3.80. The Labute approximate surface area is 178 Å². The van der Waals surface area contributed by atoms with Gasteiger partial charge >= 0.3 is 0 Å². The van der Waals surface area contributed by atoms with Gasteiger partial charge < -0.3 is 15.3 Å². The molecule has 0 radical (unpaired) electrons. The molecule has 1 aliphatic carbocycles. The summed E-state index contributed by atoms with van der Waals surface area (Å²) < 4.78 is 14.7. The van der Waals surface area contributed by atoms with Crippen LogP contribution in [0.4, 0.5) is 10.2 Å². The molecule has 1 saturated heterocycles. The molecule has 0 unspecified atom stereocenters. The standard InChI is InChI=1S/C21H23FN6OS/c1-12-24-27-21(30-12)15-9-19(29)16(8-17(15)22)18-4-5-20(26-25-18)28-7-6-14(11-28)23-10-13-2-3-13/h4-5,8-9,13-14,23,29H,2-3,6-7,10-11H2,1H3/t14-/m0/s1. The van der Waals surface area contributed by atoms with Crippen molar-refractivity contribution in [3.8, 4) is 27.6 Å². The van der Waals surface area contributed by atoms with E-state index in [0.717, 1.165) is 42.8 Å². The van der Waals surface area contributed by atoms with Crippen LogP contribution in [0.5, 0.6) is 5.75 Å². The van der Waals surface area contributed by atoms with Crippen molar-refractivity contribution in [1.29, 1.82) is 0 Å². The molecule has 156 valence electrons. The summed E-state index contributed by atoms with van der Waals surface area (Å²) in [5, 5.41) is 31.7. The average Bonchev–Trinajstić information content (AvgIpc) is 3.28.